The molecule has 4 nitrogen and oxygen atoms in total. The Labute approximate surface area is 175 Å². The molecule has 0 bridgehead atoms. The molecule has 0 unspecified atom stereocenters. The molecule has 2 aromatic carbocycles. The van der Waals surface area contributed by atoms with Crippen LogP contribution in [0, 0.1) is 11.6 Å². The summed E-state index contributed by atoms with van der Waals surface area (Å²) < 4.78 is 36.8. The van der Waals surface area contributed by atoms with Gasteiger partial charge in [0.05, 0.1) is 0 Å². The second-order valence-electron chi connectivity index (χ2n) is 7.43. The fourth-order valence-corrected chi connectivity index (χ4v) is 3.62. The minimum atomic E-state index is -0.340. The molecule has 2 aliphatic heterocycles. The van der Waals surface area contributed by atoms with Crippen molar-refractivity contribution in [3.8, 4) is 11.5 Å². The summed E-state index contributed by atoms with van der Waals surface area (Å²) >= 11 is 0. The molecule has 30 heavy (non-hydrogen) atoms. The third-order valence-corrected chi connectivity index (χ3v) is 5.35. The Morgan fingerprint density at radius 2 is 1.20 bits per heavy atom. The van der Waals surface area contributed by atoms with Crippen molar-refractivity contribution in [3.63, 3.8) is 0 Å². The van der Waals surface area contributed by atoms with Crippen molar-refractivity contribution in [2.24, 2.45) is 0 Å². The quantitative estimate of drug-likeness (QED) is 0.704. The molecule has 0 fully saturated rings. The molecule has 2 atom stereocenters. The molecular weight excluding hydrogens is 390 g/mol. The summed E-state index contributed by atoms with van der Waals surface area (Å²) in [5.41, 5.74) is 1.71. The highest BCUT2D eigenvalue weighted by Crippen LogP contribution is 2.29. The molecule has 4 rings (SSSR count). The summed E-state index contributed by atoms with van der Waals surface area (Å²) in [4.78, 5) is 22.9. The van der Waals surface area contributed by atoms with Gasteiger partial charge in [-0.1, -0.05) is 13.8 Å². The summed E-state index contributed by atoms with van der Waals surface area (Å²) in [7, 11) is 0. The second kappa shape index (κ2) is 9.83. The molecule has 0 saturated heterocycles. The first-order chi connectivity index (χ1) is 14.4. The number of carbonyl (C=O) groups excluding carboxylic acids is 2. The Morgan fingerprint density at radius 3 is 1.57 bits per heavy atom. The highest BCUT2D eigenvalue weighted by atomic mass is 19.1. The van der Waals surface area contributed by atoms with Crippen LogP contribution in [0.1, 0.15) is 50.7 Å². The molecule has 0 radical (unpaired) electrons. The van der Waals surface area contributed by atoms with E-state index >= 15 is 0 Å². The monoisotopic (exact) mass is 416 g/mol. The molecule has 0 spiro atoms. The lowest BCUT2D eigenvalue weighted by atomic mass is 9.99. The molecule has 2 aromatic rings. The van der Waals surface area contributed by atoms with E-state index in [4.69, 9.17) is 9.47 Å². The van der Waals surface area contributed by atoms with Gasteiger partial charge < -0.3 is 9.47 Å². The number of fused-ring (bicyclic) bond motifs is 2. The van der Waals surface area contributed by atoms with Crippen LogP contribution < -0.4 is 9.47 Å². The lowest BCUT2D eigenvalue weighted by Gasteiger charge is -2.24. The molecule has 2 aliphatic rings. The maximum Gasteiger partial charge on any atom is 0.173 e. The first-order valence-electron chi connectivity index (χ1n) is 10.4. The normalized spacial score (nSPS) is 19.2. The van der Waals surface area contributed by atoms with Crippen LogP contribution in [0.3, 0.4) is 0 Å². The van der Waals surface area contributed by atoms with E-state index in [9.17, 15) is 18.4 Å². The zero-order valence-corrected chi connectivity index (χ0v) is 17.3. The third kappa shape index (κ3) is 5.23. The van der Waals surface area contributed by atoms with Gasteiger partial charge in [0.25, 0.3) is 0 Å². The van der Waals surface area contributed by atoms with Crippen LogP contribution >= 0.6 is 0 Å². The van der Waals surface area contributed by atoms with Crippen LogP contribution in [0.25, 0.3) is 0 Å². The molecule has 160 valence electrons. The number of ketones is 2. The maximum atomic E-state index is 12.9. The third-order valence-electron chi connectivity index (χ3n) is 5.35. The summed E-state index contributed by atoms with van der Waals surface area (Å²) in [5, 5.41) is 0. The van der Waals surface area contributed by atoms with Gasteiger partial charge in [-0.15, -0.1) is 0 Å². The van der Waals surface area contributed by atoms with Gasteiger partial charge in [0.15, 0.2) is 23.8 Å². The van der Waals surface area contributed by atoms with E-state index in [0.29, 0.717) is 50.0 Å². The standard InChI is InChI=1S/2C12H13FO2/c2*1-2-10(14)12-5-3-8-7-9(13)4-6-11(8)15-12/h2*4,6-7,12H,2-3,5H2,1H3/t2*12-/m10/s1. The predicted octanol–water partition coefficient (Wildman–Crippen LogP) is 5.00. The number of halogens is 2. The summed E-state index contributed by atoms with van der Waals surface area (Å²) in [6.45, 7) is 3.65. The lowest BCUT2D eigenvalue weighted by Crippen LogP contribution is -2.30. The van der Waals surface area contributed by atoms with Crippen LogP contribution in [0.5, 0.6) is 11.5 Å². The van der Waals surface area contributed by atoms with Gasteiger partial charge >= 0.3 is 0 Å². The highest BCUT2D eigenvalue weighted by molar-refractivity contribution is 5.83. The highest BCUT2D eigenvalue weighted by Gasteiger charge is 2.25. The van der Waals surface area contributed by atoms with Crippen molar-refractivity contribution in [2.75, 3.05) is 0 Å². The molecule has 0 amide bonds. The molecule has 2 heterocycles. The average Bonchev–Trinajstić information content (AvgIpc) is 2.77. The molecule has 0 N–H and O–H groups in total. The van der Waals surface area contributed by atoms with E-state index in [0.717, 1.165) is 11.1 Å². The molecule has 6 heteroatoms. The van der Waals surface area contributed by atoms with Gasteiger partial charge in [0, 0.05) is 12.8 Å². The largest absolute Gasteiger partial charge is 0.482 e. The van der Waals surface area contributed by atoms with Crippen LogP contribution in [-0.4, -0.2) is 23.8 Å². The van der Waals surface area contributed by atoms with Gasteiger partial charge in [-0.05, 0) is 73.2 Å². The molecule has 0 aliphatic carbocycles. The van der Waals surface area contributed by atoms with Crippen molar-refractivity contribution in [1.29, 1.82) is 0 Å². The first kappa shape index (κ1) is 21.9. The average molecular weight is 416 g/mol. The molecular formula is C24H26F2O4. The fourth-order valence-electron chi connectivity index (χ4n) is 3.62. The van der Waals surface area contributed by atoms with Crippen molar-refractivity contribution < 1.29 is 27.8 Å². The number of benzene rings is 2. The number of rotatable bonds is 4. The molecule has 0 aromatic heterocycles. The zero-order valence-electron chi connectivity index (χ0n) is 17.3. The van der Waals surface area contributed by atoms with Crippen molar-refractivity contribution >= 4 is 11.6 Å². The lowest BCUT2D eigenvalue weighted by molar-refractivity contribution is -0.126. The first-order valence-corrected chi connectivity index (χ1v) is 10.4. The van der Waals surface area contributed by atoms with Gasteiger partial charge in [-0.2, -0.15) is 0 Å². The Kier molecular flexibility index (Phi) is 7.19. The number of hydrogen-bond acceptors (Lipinski definition) is 4. The van der Waals surface area contributed by atoms with Gasteiger partial charge in [0.1, 0.15) is 23.1 Å². The number of carbonyl (C=O) groups is 2. The van der Waals surface area contributed by atoms with E-state index in [1.165, 1.54) is 24.3 Å². The summed E-state index contributed by atoms with van der Waals surface area (Å²) in [6, 6.07) is 8.86. The second-order valence-corrected chi connectivity index (χ2v) is 7.43. The summed E-state index contributed by atoms with van der Waals surface area (Å²) in [5.74, 6) is 1.02. The summed E-state index contributed by atoms with van der Waals surface area (Å²) in [6.07, 6.45) is 3.03. The van der Waals surface area contributed by atoms with E-state index in [-0.39, 0.29) is 35.4 Å². The smallest absolute Gasteiger partial charge is 0.173 e. The molecule has 0 saturated carbocycles. The van der Waals surface area contributed by atoms with Crippen LogP contribution in [0.15, 0.2) is 36.4 Å². The Bertz CT molecular complexity index is 850. The van der Waals surface area contributed by atoms with Crippen molar-refractivity contribution in [2.45, 2.75) is 64.6 Å². The SMILES string of the molecule is CCC(=O)[C@@H]1CCc2cc(F)ccc2O1.CCC(=O)[C@H]1CCc2cc(F)ccc2O1. The number of Topliss-reactive ketones (excluding diaryl/α,β-unsaturated/α-hetero) is 2. The van der Waals surface area contributed by atoms with Crippen LogP contribution in [-0.2, 0) is 22.4 Å². The van der Waals surface area contributed by atoms with Gasteiger partial charge in [-0.25, -0.2) is 8.78 Å². The van der Waals surface area contributed by atoms with Crippen LogP contribution in [0.4, 0.5) is 8.78 Å². The van der Waals surface area contributed by atoms with E-state index in [2.05, 4.69) is 0 Å². The fraction of sp³-hybridized carbons (Fsp3) is 0.417. The van der Waals surface area contributed by atoms with E-state index in [1.54, 1.807) is 12.1 Å². The number of ether oxygens (including phenoxy) is 2. The van der Waals surface area contributed by atoms with Gasteiger partial charge in [0.2, 0.25) is 0 Å². The predicted molar refractivity (Wildman–Crippen MR) is 109 cm³/mol. The zero-order chi connectivity index (χ0) is 21.7. The Morgan fingerprint density at radius 1 is 0.800 bits per heavy atom. The van der Waals surface area contributed by atoms with E-state index in [1.807, 2.05) is 13.8 Å². The van der Waals surface area contributed by atoms with Crippen molar-refractivity contribution in [3.05, 3.63) is 59.2 Å². The topological polar surface area (TPSA) is 52.6 Å². The minimum Gasteiger partial charge on any atom is -0.482 e. The number of hydrogen-bond donors (Lipinski definition) is 0. The van der Waals surface area contributed by atoms with Gasteiger partial charge in [-0.3, -0.25) is 9.59 Å². The van der Waals surface area contributed by atoms with Crippen molar-refractivity contribution in [1.82, 2.24) is 0 Å². The Hall–Kier alpha value is -2.76. The Balaban J connectivity index is 0.000000171. The van der Waals surface area contributed by atoms with Crippen LogP contribution in [0.2, 0.25) is 0 Å². The van der Waals surface area contributed by atoms with E-state index < -0.39 is 0 Å². The maximum absolute atomic E-state index is 12.9. The minimum absolute atomic E-state index is 0.116. The number of aryl methyl sites for hydroxylation is 2.